The minimum Gasteiger partial charge on any atom is -0.355 e. The number of carbonyl (C=O) groups is 1. The Morgan fingerprint density at radius 3 is 2.56 bits per heavy atom. The van der Waals surface area contributed by atoms with Crippen LogP contribution in [0.1, 0.15) is 58.1 Å². The largest absolute Gasteiger partial charge is 0.355 e. The molecule has 2 fully saturated rings. The van der Waals surface area contributed by atoms with E-state index in [1.165, 1.54) is 18.5 Å². The summed E-state index contributed by atoms with van der Waals surface area (Å²) in [6, 6.07) is 2.22. The van der Waals surface area contributed by atoms with Gasteiger partial charge in [0.15, 0.2) is 5.82 Å². The quantitative estimate of drug-likeness (QED) is 0.829. The molecule has 0 atom stereocenters. The first-order chi connectivity index (χ1) is 12.8. The van der Waals surface area contributed by atoms with Crippen LogP contribution in [0.15, 0.2) is 18.5 Å². The van der Waals surface area contributed by atoms with Gasteiger partial charge in [-0.3, -0.25) is 4.79 Å². The van der Waals surface area contributed by atoms with Crippen LogP contribution in [0.3, 0.4) is 0 Å². The average Bonchev–Trinajstić information content (AvgIpc) is 3.39. The Balaban J connectivity index is 1.41. The van der Waals surface area contributed by atoms with Crippen LogP contribution >= 0.6 is 0 Å². The van der Waals surface area contributed by atoms with E-state index >= 15 is 0 Å². The monoisotopic (exact) mass is 369 g/mol. The second-order valence-electron chi connectivity index (χ2n) is 9.29. The second-order valence-corrected chi connectivity index (χ2v) is 9.29. The molecule has 6 nitrogen and oxygen atoms in total. The van der Waals surface area contributed by atoms with Crippen molar-refractivity contribution in [3.63, 3.8) is 0 Å². The van der Waals surface area contributed by atoms with Gasteiger partial charge in [0.05, 0.1) is 5.69 Å². The zero-order valence-electron chi connectivity index (χ0n) is 17.0. The van der Waals surface area contributed by atoms with Crippen molar-refractivity contribution in [1.29, 1.82) is 0 Å². The molecule has 0 spiro atoms. The van der Waals surface area contributed by atoms with Crippen molar-refractivity contribution in [1.82, 2.24) is 19.5 Å². The molecule has 27 heavy (non-hydrogen) atoms. The van der Waals surface area contributed by atoms with Gasteiger partial charge in [0, 0.05) is 50.4 Å². The maximum Gasteiger partial charge on any atom is 0.227 e. The number of hydrogen-bond acceptors (Lipinski definition) is 4. The molecule has 1 amide bonds. The number of hydrogen-bond donors (Lipinski definition) is 0. The van der Waals surface area contributed by atoms with Gasteiger partial charge in [-0.25, -0.2) is 9.50 Å². The molecular formula is C21H31N5O. The number of amides is 1. The van der Waals surface area contributed by atoms with Crippen molar-refractivity contribution < 1.29 is 4.79 Å². The van der Waals surface area contributed by atoms with E-state index in [-0.39, 0.29) is 11.3 Å². The maximum absolute atomic E-state index is 12.4. The Hall–Kier alpha value is -2.11. The molecule has 6 heteroatoms. The molecule has 0 N–H and O–H groups in total. The SMILES string of the molecule is CN(CC1CCN(c2nccn3nc(C4CC4)cc23)CC1)C(=O)C(C)(C)C. The maximum atomic E-state index is 12.4. The van der Waals surface area contributed by atoms with Crippen molar-refractivity contribution >= 4 is 17.2 Å². The van der Waals surface area contributed by atoms with E-state index in [0.717, 1.165) is 43.8 Å². The number of anilines is 1. The van der Waals surface area contributed by atoms with E-state index in [1.54, 1.807) is 0 Å². The molecule has 4 rings (SSSR count). The first-order valence-electron chi connectivity index (χ1n) is 10.2. The smallest absolute Gasteiger partial charge is 0.227 e. The van der Waals surface area contributed by atoms with E-state index in [4.69, 9.17) is 5.10 Å². The number of piperidine rings is 1. The number of fused-ring (bicyclic) bond motifs is 1. The molecule has 0 aromatic carbocycles. The van der Waals surface area contributed by atoms with Crippen LogP contribution in [0.4, 0.5) is 5.82 Å². The highest BCUT2D eigenvalue weighted by atomic mass is 16.2. The summed E-state index contributed by atoms with van der Waals surface area (Å²) in [5, 5.41) is 4.73. The van der Waals surface area contributed by atoms with Crippen LogP contribution in [-0.2, 0) is 4.79 Å². The van der Waals surface area contributed by atoms with E-state index in [1.807, 2.05) is 49.6 Å². The third kappa shape index (κ3) is 3.80. The Kier molecular flexibility index (Phi) is 4.60. The number of aromatic nitrogens is 3. The van der Waals surface area contributed by atoms with Crippen molar-refractivity contribution in [2.75, 3.05) is 31.6 Å². The van der Waals surface area contributed by atoms with Gasteiger partial charge >= 0.3 is 0 Å². The summed E-state index contributed by atoms with van der Waals surface area (Å²) >= 11 is 0. The second kappa shape index (κ2) is 6.80. The molecule has 0 radical (unpaired) electrons. The van der Waals surface area contributed by atoms with Crippen LogP contribution in [0.2, 0.25) is 0 Å². The van der Waals surface area contributed by atoms with Crippen LogP contribution in [0.25, 0.3) is 5.52 Å². The van der Waals surface area contributed by atoms with Gasteiger partial charge < -0.3 is 9.80 Å². The normalized spacial score (nSPS) is 18.9. The summed E-state index contributed by atoms with van der Waals surface area (Å²) in [7, 11) is 1.94. The van der Waals surface area contributed by atoms with E-state index in [2.05, 4.69) is 16.0 Å². The van der Waals surface area contributed by atoms with Gasteiger partial charge in [-0.1, -0.05) is 20.8 Å². The van der Waals surface area contributed by atoms with Gasteiger partial charge in [-0.2, -0.15) is 5.10 Å². The lowest BCUT2D eigenvalue weighted by Crippen LogP contribution is -2.43. The third-order valence-electron chi connectivity index (χ3n) is 5.82. The fourth-order valence-corrected chi connectivity index (χ4v) is 4.12. The number of carbonyl (C=O) groups excluding carboxylic acids is 1. The Labute approximate surface area is 161 Å². The summed E-state index contributed by atoms with van der Waals surface area (Å²) in [5.41, 5.74) is 2.02. The predicted molar refractivity (Wildman–Crippen MR) is 107 cm³/mol. The lowest BCUT2D eigenvalue weighted by molar-refractivity contribution is -0.138. The third-order valence-corrected chi connectivity index (χ3v) is 5.82. The summed E-state index contributed by atoms with van der Waals surface area (Å²) in [4.78, 5) is 21.4. The molecule has 1 aliphatic heterocycles. The Bertz CT molecular complexity index is 825. The zero-order chi connectivity index (χ0) is 19.2. The van der Waals surface area contributed by atoms with Crippen molar-refractivity contribution in [3.05, 3.63) is 24.2 Å². The van der Waals surface area contributed by atoms with Gasteiger partial charge in [0.2, 0.25) is 5.91 Å². The molecule has 2 aromatic heterocycles. The molecular weight excluding hydrogens is 338 g/mol. The first kappa shape index (κ1) is 18.3. The zero-order valence-corrected chi connectivity index (χ0v) is 17.0. The molecule has 2 aromatic rings. The number of rotatable bonds is 4. The molecule has 0 unspecified atom stereocenters. The highest BCUT2D eigenvalue weighted by molar-refractivity contribution is 5.81. The number of nitrogens with zero attached hydrogens (tertiary/aromatic N) is 5. The molecule has 1 saturated carbocycles. The standard InChI is InChI=1S/C21H31N5O/c1-21(2,3)20(27)24(4)14-15-7-10-25(11-8-15)19-18-13-17(16-5-6-16)23-26(18)12-9-22-19/h9,12-13,15-16H,5-8,10-11,14H2,1-4H3. The van der Waals surface area contributed by atoms with Crippen molar-refractivity contribution in [2.45, 2.75) is 52.4 Å². The fraction of sp³-hybridized carbons (Fsp3) is 0.667. The summed E-state index contributed by atoms with van der Waals surface area (Å²) in [6.45, 7) is 8.78. The van der Waals surface area contributed by atoms with Gasteiger partial charge in [0.1, 0.15) is 5.52 Å². The highest BCUT2D eigenvalue weighted by Crippen LogP contribution is 2.40. The fourth-order valence-electron chi connectivity index (χ4n) is 4.12. The first-order valence-corrected chi connectivity index (χ1v) is 10.2. The molecule has 1 aliphatic carbocycles. The lowest BCUT2D eigenvalue weighted by Gasteiger charge is -2.36. The highest BCUT2D eigenvalue weighted by Gasteiger charge is 2.30. The molecule has 146 valence electrons. The van der Waals surface area contributed by atoms with Crippen LogP contribution in [0, 0.1) is 11.3 Å². The molecule has 3 heterocycles. The van der Waals surface area contributed by atoms with E-state index in [0.29, 0.717) is 11.8 Å². The summed E-state index contributed by atoms with van der Waals surface area (Å²) in [6.07, 6.45) is 8.51. The Morgan fingerprint density at radius 2 is 1.93 bits per heavy atom. The lowest BCUT2D eigenvalue weighted by atomic mass is 9.92. The summed E-state index contributed by atoms with van der Waals surface area (Å²) in [5.74, 6) is 2.49. The van der Waals surface area contributed by atoms with Gasteiger partial charge in [-0.05, 0) is 37.7 Å². The molecule has 2 aliphatic rings. The van der Waals surface area contributed by atoms with Crippen molar-refractivity contribution in [2.24, 2.45) is 11.3 Å². The van der Waals surface area contributed by atoms with E-state index in [9.17, 15) is 4.79 Å². The van der Waals surface area contributed by atoms with Gasteiger partial charge in [0.25, 0.3) is 0 Å². The minimum absolute atomic E-state index is 0.225. The minimum atomic E-state index is -0.309. The predicted octanol–water partition coefficient (Wildman–Crippen LogP) is 3.33. The summed E-state index contributed by atoms with van der Waals surface area (Å²) < 4.78 is 1.98. The van der Waals surface area contributed by atoms with Crippen LogP contribution < -0.4 is 4.90 Å². The average molecular weight is 370 g/mol. The van der Waals surface area contributed by atoms with Crippen LogP contribution in [0.5, 0.6) is 0 Å². The van der Waals surface area contributed by atoms with E-state index < -0.39 is 0 Å². The van der Waals surface area contributed by atoms with Crippen molar-refractivity contribution in [3.8, 4) is 0 Å². The topological polar surface area (TPSA) is 53.7 Å². The Morgan fingerprint density at radius 1 is 1.22 bits per heavy atom. The molecule has 0 bridgehead atoms. The van der Waals surface area contributed by atoms with Gasteiger partial charge in [-0.15, -0.1) is 0 Å². The van der Waals surface area contributed by atoms with Crippen LogP contribution in [-0.4, -0.2) is 52.1 Å². The molecule has 1 saturated heterocycles.